The predicted octanol–water partition coefficient (Wildman–Crippen LogP) is 3.98. The summed E-state index contributed by atoms with van der Waals surface area (Å²) in [6.45, 7) is 11.0. The molecule has 1 heteroatoms. The number of carbonyl (C=O) groups excluding carboxylic acids is 1. The third-order valence-corrected chi connectivity index (χ3v) is 5.00. The lowest BCUT2D eigenvalue weighted by molar-refractivity contribution is -0.130. The van der Waals surface area contributed by atoms with Crippen LogP contribution in [0.25, 0.3) is 0 Å². The van der Waals surface area contributed by atoms with Crippen molar-refractivity contribution >= 4 is 5.78 Å². The minimum Gasteiger partial charge on any atom is -0.299 e. The smallest absolute Gasteiger partial charge is 0.139 e. The molecule has 2 aliphatic carbocycles. The van der Waals surface area contributed by atoms with Crippen molar-refractivity contribution in [1.29, 1.82) is 0 Å². The van der Waals surface area contributed by atoms with Gasteiger partial charge in [-0.2, -0.15) is 0 Å². The van der Waals surface area contributed by atoms with E-state index in [1.165, 1.54) is 5.57 Å². The minimum absolute atomic E-state index is 0.0772. The van der Waals surface area contributed by atoms with Gasteiger partial charge >= 0.3 is 0 Å². The fourth-order valence-electron chi connectivity index (χ4n) is 3.34. The van der Waals surface area contributed by atoms with Gasteiger partial charge in [-0.3, -0.25) is 4.79 Å². The summed E-state index contributed by atoms with van der Waals surface area (Å²) in [5, 5.41) is 0. The fourth-order valence-corrected chi connectivity index (χ4v) is 3.34. The highest BCUT2D eigenvalue weighted by Crippen LogP contribution is 2.67. The zero-order valence-corrected chi connectivity index (χ0v) is 11.3. The Hall–Kier alpha value is -0.590. The second-order valence-electron chi connectivity index (χ2n) is 6.91. The van der Waals surface area contributed by atoms with Crippen LogP contribution in [0, 0.1) is 22.7 Å². The van der Waals surface area contributed by atoms with Crippen LogP contribution < -0.4 is 0 Å². The van der Waals surface area contributed by atoms with E-state index in [2.05, 4.69) is 40.7 Å². The highest BCUT2D eigenvalue weighted by atomic mass is 16.1. The van der Waals surface area contributed by atoms with Crippen LogP contribution in [0.5, 0.6) is 0 Å². The molecule has 0 radical (unpaired) electrons. The van der Waals surface area contributed by atoms with Crippen LogP contribution in [0.4, 0.5) is 0 Å². The Morgan fingerprint density at radius 3 is 2.50 bits per heavy atom. The Balaban J connectivity index is 2.11. The summed E-state index contributed by atoms with van der Waals surface area (Å²) in [5.74, 6) is 1.97. The van der Waals surface area contributed by atoms with E-state index < -0.39 is 0 Å². The summed E-state index contributed by atoms with van der Waals surface area (Å²) in [7, 11) is 0. The van der Waals surface area contributed by atoms with Crippen molar-refractivity contribution in [2.45, 2.75) is 53.9 Å². The molecule has 0 aliphatic heterocycles. The van der Waals surface area contributed by atoms with Crippen LogP contribution in [0.1, 0.15) is 53.9 Å². The Bertz CT molecular complexity index is 346. The molecule has 0 N–H and O–H groups in total. The van der Waals surface area contributed by atoms with Crippen LogP contribution in [0.3, 0.4) is 0 Å². The largest absolute Gasteiger partial charge is 0.299 e. The van der Waals surface area contributed by atoms with E-state index in [0.29, 0.717) is 17.1 Å². The average molecular weight is 220 g/mol. The van der Waals surface area contributed by atoms with Gasteiger partial charge in [0.15, 0.2) is 0 Å². The van der Waals surface area contributed by atoms with Gasteiger partial charge in [0.1, 0.15) is 5.78 Å². The molecule has 2 aliphatic rings. The van der Waals surface area contributed by atoms with Gasteiger partial charge in [-0.1, -0.05) is 32.4 Å². The molecule has 2 rings (SSSR count). The zero-order chi connectivity index (χ0) is 12.1. The first-order chi connectivity index (χ1) is 7.27. The monoisotopic (exact) mass is 220 g/mol. The molecule has 0 bridgehead atoms. The fraction of sp³-hybridized carbons (Fsp3) is 0.800. The maximum Gasteiger partial charge on any atom is 0.139 e. The molecule has 1 unspecified atom stereocenters. The average Bonchev–Trinajstić information content (AvgIpc) is 2.66. The molecular formula is C15H24O. The van der Waals surface area contributed by atoms with Crippen molar-refractivity contribution in [3.05, 3.63) is 11.6 Å². The second kappa shape index (κ2) is 3.45. The molecule has 16 heavy (non-hydrogen) atoms. The molecule has 2 saturated carbocycles. The van der Waals surface area contributed by atoms with Crippen LogP contribution in [-0.2, 0) is 4.79 Å². The van der Waals surface area contributed by atoms with Crippen molar-refractivity contribution in [2.75, 3.05) is 0 Å². The molecule has 3 atom stereocenters. The number of ketones is 1. The number of hydrogen-bond acceptors (Lipinski definition) is 1. The van der Waals surface area contributed by atoms with Crippen LogP contribution in [-0.4, -0.2) is 5.78 Å². The first-order valence-electron chi connectivity index (χ1n) is 6.44. The number of allylic oxidation sites excluding steroid dienone is 2. The van der Waals surface area contributed by atoms with Gasteiger partial charge in [0.25, 0.3) is 0 Å². The normalized spacial score (nSPS) is 40.2. The van der Waals surface area contributed by atoms with Crippen LogP contribution in [0.15, 0.2) is 11.6 Å². The van der Waals surface area contributed by atoms with E-state index in [-0.39, 0.29) is 5.41 Å². The Labute approximate surface area is 99.3 Å². The lowest BCUT2D eigenvalue weighted by Gasteiger charge is -2.30. The maximum absolute atomic E-state index is 12.2. The molecule has 1 nitrogen and oxygen atoms in total. The van der Waals surface area contributed by atoms with Gasteiger partial charge < -0.3 is 0 Å². The lowest BCUT2D eigenvalue weighted by Crippen LogP contribution is -2.31. The van der Waals surface area contributed by atoms with Gasteiger partial charge in [-0.05, 0) is 43.9 Å². The van der Waals surface area contributed by atoms with Gasteiger partial charge in [-0.25, -0.2) is 0 Å². The summed E-state index contributed by atoms with van der Waals surface area (Å²) in [4.78, 5) is 12.2. The summed E-state index contributed by atoms with van der Waals surface area (Å²) >= 11 is 0. The van der Waals surface area contributed by atoms with E-state index in [4.69, 9.17) is 0 Å². The molecule has 2 fully saturated rings. The molecule has 0 spiro atoms. The first kappa shape index (κ1) is 11.9. The maximum atomic E-state index is 12.2. The molecular weight excluding hydrogens is 196 g/mol. The molecule has 0 aromatic rings. The summed E-state index contributed by atoms with van der Waals surface area (Å²) in [5.41, 5.74) is 1.68. The SMILES string of the molecule is CC(C)=CCC1(C)C[C@H]2[C@@H](CC1=O)C2(C)C. The van der Waals surface area contributed by atoms with Crippen molar-refractivity contribution in [2.24, 2.45) is 22.7 Å². The van der Waals surface area contributed by atoms with Crippen molar-refractivity contribution in [3.63, 3.8) is 0 Å². The number of Topliss-reactive ketones (excluding diaryl/α,β-unsaturated/α-hetero) is 1. The number of carbonyl (C=O) groups is 1. The first-order valence-corrected chi connectivity index (χ1v) is 6.44. The summed E-state index contributed by atoms with van der Waals surface area (Å²) < 4.78 is 0. The molecule has 0 saturated heterocycles. The third kappa shape index (κ3) is 1.74. The Morgan fingerprint density at radius 2 is 1.94 bits per heavy atom. The molecule has 0 aromatic carbocycles. The van der Waals surface area contributed by atoms with Crippen molar-refractivity contribution in [1.82, 2.24) is 0 Å². The Kier molecular flexibility index (Phi) is 2.56. The van der Waals surface area contributed by atoms with Gasteiger partial charge in [0, 0.05) is 11.8 Å². The lowest BCUT2D eigenvalue weighted by atomic mass is 9.72. The van der Waals surface area contributed by atoms with Crippen molar-refractivity contribution in [3.8, 4) is 0 Å². The minimum atomic E-state index is -0.0772. The third-order valence-electron chi connectivity index (χ3n) is 5.00. The van der Waals surface area contributed by atoms with E-state index in [0.717, 1.165) is 25.2 Å². The Morgan fingerprint density at radius 1 is 1.31 bits per heavy atom. The highest BCUT2D eigenvalue weighted by Gasteiger charge is 2.63. The molecule has 0 heterocycles. The number of rotatable bonds is 2. The standard InChI is InChI=1S/C15H24O/c1-10(2)6-7-15(5)9-12-11(8-13(15)16)14(12,3)4/h6,11-12H,7-9H2,1-5H3/t11-,12+,15?/m1/s1. The van der Waals surface area contributed by atoms with E-state index in [1.807, 2.05) is 0 Å². The number of fused-ring (bicyclic) bond motifs is 1. The number of hydrogen-bond donors (Lipinski definition) is 0. The quantitative estimate of drug-likeness (QED) is 0.643. The van der Waals surface area contributed by atoms with E-state index in [9.17, 15) is 4.79 Å². The van der Waals surface area contributed by atoms with E-state index >= 15 is 0 Å². The van der Waals surface area contributed by atoms with Crippen molar-refractivity contribution < 1.29 is 4.79 Å². The van der Waals surface area contributed by atoms with Crippen LogP contribution >= 0.6 is 0 Å². The molecule has 0 amide bonds. The van der Waals surface area contributed by atoms with Gasteiger partial charge in [0.2, 0.25) is 0 Å². The van der Waals surface area contributed by atoms with Gasteiger partial charge in [0.05, 0.1) is 0 Å². The molecule has 0 aromatic heterocycles. The highest BCUT2D eigenvalue weighted by molar-refractivity contribution is 5.86. The topological polar surface area (TPSA) is 17.1 Å². The van der Waals surface area contributed by atoms with E-state index in [1.54, 1.807) is 0 Å². The predicted molar refractivity (Wildman–Crippen MR) is 67.2 cm³/mol. The van der Waals surface area contributed by atoms with Crippen LogP contribution in [0.2, 0.25) is 0 Å². The zero-order valence-electron chi connectivity index (χ0n) is 11.3. The van der Waals surface area contributed by atoms with Gasteiger partial charge in [-0.15, -0.1) is 0 Å². The molecule has 90 valence electrons. The summed E-state index contributed by atoms with van der Waals surface area (Å²) in [6.07, 6.45) is 5.10. The second-order valence-corrected chi connectivity index (χ2v) is 6.91. The summed E-state index contributed by atoms with van der Waals surface area (Å²) in [6, 6.07) is 0.